The number of nitrogens with zero attached hydrogens (tertiary/aromatic N) is 2. The molecule has 0 aliphatic heterocycles. The maximum absolute atomic E-state index is 5.98. The van der Waals surface area contributed by atoms with Crippen LogP contribution < -0.4 is 5.73 Å². The quantitative estimate of drug-likeness (QED) is 0.678. The van der Waals surface area contributed by atoms with Gasteiger partial charge < -0.3 is 10.7 Å². The van der Waals surface area contributed by atoms with Gasteiger partial charge in [-0.2, -0.15) is 0 Å². The molecule has 1 aromatic carbocycles. The number of fused-ring (bicyclic) bond motifs is 1. The summed E-state index contributed by atoms with van der Waals surface area (Å²) in [5.41, 5.74) is 10.3. The van der Waals surface area contributed by atoms with Gasteiger partial charge in [0.1, 0.15) is 5.82 Å². The van der Waals surface area contributed by atoms with Crippen LogP contribution in [-0.2, 0) is 0 Å². The Morgan fingerprint density at radius 2 is 2.11 bits per heavy atom. The number of anilines is 1. The lowest BCUT2D eigenvalue weighted by Crippen LogP contribution is -1.91. The van der Waals surface area contributed by atoms with Gasteiger partial charge in [0.25, 0.3) is 0 Å². The van der Waals surface area contributed by atoms with Crippen molar-refractivity contribution in [3.63, 3.8) is 0 Å². The van der Waals surface area contributed by atoms with E-state index >= 15 is 0 Å². The molecule has 3 aromatic rings. The van der Waals surface area contributed by atoms with Crippen molar-refractivity contribution in [2.45, 2.75) is 6.92 Å². The fourth-order valence-electron chi connectivity index (χ4n) is 1.90. The van der Waals surface area contributed by atoms with Gasteiger partial charge >= 0.3 is 0 Å². The zero-order valence-electron chi connectivity index (χ0n) is 9.74. The first-order valence-corrected chi connectivity index (χ1v) is 6.31. The zero-order chi connectivity index (χ0) is 12.7. The SMILES string of the molecule is Cc1ccnc2nc(-c3cc(Br)ccc3N)[nH]c12. The Bertz CT molecular complexity index is 733. The number of aromatic nitrogens is 3. The van der Waals surface area contributed by atoms with E-state index in [1.807, 2.05) is 31.2 Å². The van der Waals surface area contributed by atoms with E-state index in [-0.39, 0.29) is 0 Å². The first-order valence-electron chi connectivity index (χ1n) is 5.52. The zero-order valence-corrected chi connectivity index (χ0v) is 11.3. The van der Waals surface area contributed by atoms with E-state index in [4.69, 9.17) is 5.73 Å². The Kier molecular flexibility index (Phi) is 2.56. The van der Waals surface area contributed by atoms with E-state index in [1.165, 1.54) is 0 Å². The minimum absolute atomic E-state index is 0.690. The highest BCUT2D eigenvalue weighted by atomic mass is 79.9. The second-order valence-corrected chi connectivity index (χ2v) is 5.06. The molecule has 3 N–H and O–H groups in total. The molecular weight excluding hydrogens is 292 g/mol. The van der Waals surface area contributed by atoms with Crippen molar-refractivity contribution in [2.24, 2.45) is 0 Å². The largest absolute Gasteiger partial charge is 0.398 e. The van der Waals surface area contributed by atoms with E-state index in [9.17, 15) is 0 Å². The van der Waals surface area contributed by atoms with Gasteiger partial charge in [0.15, 0.2) is 5.65 Å². The molecule has 0 bridgehead atoms. The molecule has 0 aliphatic carbocycles. The maximum Gasteiger partial charge on any atom is 0.178 e. The molecule has 0 atom stereocenters. The van der Waals surface area contributed by atoms with Crippen molar-refractivity contribution in [3.8, 4) is 11.4 Å². The highest BCUT2D eigenvalue weighted by Crippen LogP contribution is 2.28. The van der Waals surface area contributed by atoms with Crippen molar-refractivity contribution < 1.29 is 0 Å². The molecule has 18 heavy (non-hydrogen) atoms. The number of rotatable bonds is 1. The van der Waals surface area contributed by atoms with Crippen LogP contribution in [0.25, 0.3) is 22.6 Å². The van der Waals surface area contributed by atoms with Gasteiger partial charge in [-0.15, -0.1) is 0 Å². The topological polar surface area (TPSA) is 67.6 Å². The van der Waals surface area contributed by atoms with Gasteiger partial charge in [0, 0.05) is 21.9 Å². The average molecular weight is 303 g/mol. The molecule has 4 nitrogen and oxygen atoms in total. The maximum atomic E-state index is 5.98. The van der Waals surface area contributed by atoms with Crippen LogP contribution in [0.5, 0.6) is 0 Å². The lowest BCUT2D eigenvalue weighted by Gasteiger charge is -2.02. The molecule has 2 heterocycles. The van der Waals surface area contributed by atoms with Crippen LogP contribution in [0.2, 0.25) is 0 Å². The third-order valence-corrected chi connectivity index (χ3v) is 3.36. The van der Waals surface area contributed by atoms with Crippen molar-refractivity contribution in [3.05, 3.63) is 40.5 Å². The summed E-state index contributed by atoms with van der Waals surface area (Å²) in [6.45, 7) is 2.02. The number of pyridine rings is 1. The standard InChI is InChI=1S/C13H11BrN4/c1-7-4-5-16-13-11(7)17-12(18-13)9-6-8(14)2-3-10(9)15/h2-6H,15H2,1H3,(H,16,17,18). The Morgan fingerprint density at radius 3 is 2.89 bits per heavy atom. The van der Waals surface area contributed by atoms with Crippen molar-refractivity contribution in [1.82, 2.24) is 15.0 Å². The lowest BCUT2D eigenvalue weighted by molar-refractivity contribution is 1.30. The summed E-state index contributed by atoms with van der Waals surface area (Å²) in [4.78, 5) is 12.0. The van der Waals surface area contributed by atoms with Crippen molar-refractivity contribution in [2.75, 3.05) is 5.73 Å². The number of hydrogen-bond acceptors (Lipinski definition) is 3. The van der Waals surface area contributed by atoms with E-state index < -0.39 is 0 Å². The fraction of sp³-hybridized carbons (Fsp3) is 0.0769. The number of H-pyrrole nitrogens is 1. The van der Waals surface area contributed by atoms with Crippen LogP contribution in [0.4, 0.5) is 5.69 Å². The fourth-order valence-corrected chi connectivity index (χ4v) is 2.26. The summed E-state index contributed by atoms with van der Waals surface area (Å²) >= 11 is 3.44. The number of nitrogens with one attached hydrogen (secondary N) is 1. The van der Waals surface area contributed by atoms with E-state index in [1.54, 1.807) is 6.20 Å². The van der Waals surface area contributed by atoms with Crippen molar-refractivity contribution in [1.29, 1.82) is 0 Å². The predicted octanol–water partition coefficient (Wildman–Crippen LogP) is 3.28. The minimum atomic E-state index is 0.690. The first-order chi connectivity index (χ1) is 8.65. The van der Waals surface area contributed by atoms with Crippen LogP contribution in [0, 0.1) is 6.92 Å². The molecule has 3 rings (SSSR count). The minimum Gasteiger partial charge on any atom is -0.398 e. The summed E-state index contributed by atoms with van der Waals surface area (Å²) in [6, 6.07) is 7.66. The molecule has 0 amide bonds. The molecule has 0 fully saturated rings. The molecule has 0 aliphatic rings. The summed E-state index contributed by atoms with van der Waals surface area (Å²) in [6.07, 6.45) is 1.76. The number of halogens is 1. The number of aryl methyl sites for hydroxylation is 1. The van der Waals surface area contributed by atoms with Gasteiger partial charge in [0.05, 0.1) is 5.52 Å². The number of nitrogens with two attached hydrogens (primary N) is 1. The summed E-state index contributed by atoms with van der Waals surface area (Å²) in [5.74, 6) is 0.741. The molecule has 0 saturated carbocycles. The number of imidazole rings is 1. The highest BCUT2D eigenvalue weighted by molar-refractivity contribution is 9.10. The highest BCUT2D eigenvalue weighted by Gasteiger charge is 2.10. The number of hydrogen-bond donors (Lipinski definition) is 2. The number of benzene rings is 1. The van der Waals surface area contributed by atoms with Gasteiger partial charge in [0.2, 0.25) is 0 Å². The van der Waals surface area contributed by atoms with Crippen LogP contribution in [-0.4, -0.2) is 15.0 Å². The normalized spacial score (nSPS) is 11.0. The molecule has 0 spiro atoms. The van der Waals surface area contributed by atoms with E-state index in [2.05, 4.69) is 30.9 Å². The second kappa shape index (κ2) is 4.10. The Labute approximate surface area is 112 Å². The van der Waals surface area contributed by atoms with Crippen molar-refractivity contribution >= 4 is 32.8 Å². The Morgan fingerprint density at radius 1 is 1.28 bits per heavy atom. The third kappa shape index (κ3) is 1.76. The van der Waals surface area contributed by atoms with Gasteiger partial charge in [-0.25, -0.2) is 9.97 Å². The van der Waals surface area contributed by atoms with E-state index in [0.29, 0.717) is 11.3 Å². The molecule has 5 heteroatoms. The molecule has 90 valence electrons. The Balaban J connectivity index is 2.26. The van der Waals surface area contributed by atoms with Crippen LogP contribution in [0.15, 0.2) is 34.9 Å². The molecular formula is C13H11BrN4. The van der Waals surface area contributed by atoms with Crippen LogP contribution >= 0.6 is 15.9 Å². The Hall–Kier alpha value is -1.88. The first kappa shape index (κ1) is 11.2. The smallest absolute Gasteiger partial charge is 0.178 e. The van der Waals surface area contributed by atoms with E-state index in [0.717, 1.165) is 26.9 Å². The number of aromatic amines is 1. The molecule has 0 saturated heterocycles. The van der Waals surface area contributed by atoms with Gasteiger partial charge in [-0.3, -0.25) is 0 Å². The molecule has 2 aromatic heterocycles. The second-order valence-electron chi connectivity index (χ2n) is 4.14. The molecule has 0 radical (unpaired) electrons. The monoisotopic (exact) mass is 302 g/mol. The lowest BCUT2D eigenvalue weighted by atomic mass is 10.2. The predicted molar refractivity (Wildman–Crippen MR) is 76.2 cm³/mol. The summed E-state index contributed by atoms with van der Waals surface area (Å²) < 4.78 is 0.969. The average Bonchev–Trinajstić information content (AvgIpc) is 2.77. The van der Waals surface area contributed by atoms with Crippen LogP contribution in [0.3, 0.4) is 0 Å². The third-order valence-electron chi connectivity index (χ3n) is 2.87. The number of nitrogen functional groups attached to an aromatic ring is 1. The van der Waals surface area contributed by atoms with Gasteiger partial charge in [-0.05, 0) is 36.8 Å². The summed E-state index contributed by atoms with van der Waals surface area (Å²) in [7, 11) is 0. The molecule has 0 unspecified atom stereocenters. The van der Waals surface area contributed by atoms with Gasteiger partial charge in [-0.1, -0.05) is 15.9 Å². The summed E-state index contributed by atoms with van der Waals surface area (Å²) in [5, 5.41) is 0. The van der Waals surface area contributed by atoms with Crippen LogP contribution in [0.1, 0.15) is 5.56 Å².